The van der Waals surface area contributed by atoms with Crippen molar-refractivity contribution in [2.75, 3.05) is 26.5 Å². The second kappa shape index (κ2) is 9.43. The highest BCUT2D eigenvalue weighted by Gasteiger charge is 2.19. The van der Waals surface area contributed by atoms with Crippen molar-refractivity contribution < 1.29 is 19.1 Å². The topological polar surface area (TPSA) is 82.5 Å². The van der Waals surface area contributed by atoms with Gasteiger partial charge in [0.25, 0.3) is 5.91 Å². The van der Waals surface area contributed by atoms with E-state index in [9.17, 15) is 9.59 Å². The third-order valence-corrected chi connectivity index (χ3v) is 4.12. The molecule has 0 unspecified atom stereocenters. The Morgan fingerprint density at radius 2 is 2.12 bits per heavy atom. The van der Waals surface area contributed by atoms with Gasteiger partial charge in [-0.15, -0.1) is 0 Å². The molecule has 0 saturated heterocycles. The molecule has 1 aromatic heterocycles. The van der Waals surface area contributed by atoms with Gasteiger partial charge in [-0.3, -0.25) is 9.59 Å². The number of amides is 1. The molecule has 1 amide bonds. The number of ether oxygens (including phenoxy) is 2. The fraction of sp³-hybridized carbons (Fsp3) is 0.471. The van der Waals surface area contributed by atoms with Gasteiger partial charge in [0, 0.05) is 13.7 Å². The highest BCUT2D eigenvalue weighted by atomic mass is 32.2. The van der Waals surface area contributed by atoms with Crippen LogP contribution in [0.4, 0.5) is 0 Å². The van der Waals surface area contributed by atoms with E-state index in [2.05, 4.69) is 10.3 Å². The van der Waals surface area contributed by atoms with Gasteiger partial charge in [0.2, 0.25) is 0 Å². The van der Waals surface area contributed by atoms with Crippen LogP contribution in [0.15, 0.2) is 24.3 Å². The number of benzene rings is 1. The summed E-state index contributed by atoms with van der Waals surface area (Å²) < 4.78 is 12.0. The summed E-state index contributed by atoms with van der Waals surface area (Å²) in [6.45, 7) is 2.35. The number of nitrogens with one attached hydrogen (secondary N) is 1. The third kappa shape index (κ3) is 5.20. The molecule has 25 heavy (non-hydrogen) atoms. The van der Waals surface area contributed by atoms with Crippen LogP contribution in [0.25, 0.3) is 11.0 Å². The molecule has 136 valence electrons. The number of imidazole rings is 1. The molecule has 1 heterocycles. The molecule has 0 aliphatic carbocycles. The van der Waals surface area contributed by atoms with Gasteiger partial charge < -0.3 is 19.4 Å². The van der Waals surface area contributed by atoms with Crippen LogP contribution < -0.4 is 5.32 Å². The number of hydrogen-bond donors (Lipinski definition) is 1. The zero-order chi connectivity index (χ0) is 18.2. The number of para-hydroxylation sites is 2. The maximum atomic E-state index is 12.3. The lowest BCUT2D eigenvalue weighted by molar-refractivity contribution is -0.155. The molecular weight excluding hydrogens is 342 g/mol. The fourth-order valence-electron chi connectivity index (χ4n) is 2.38. The second-order valence-corrected chi connectivity index (χ2v) is 6.32. The Hall–Kier alpha value is -2.06. The molecule has 0 spiro atoms. The van der Waals surface area contributed by atoms with Crippen LogP contribution in [0.1, 0.15) is 12.7 Å². The van der Waals surface area contributed by atoms with Gasteiger partial charge >= 0.3 is 5.97 Å². The van der Waals surface area contributed by atoms with Gasteiger partial charge in [-0.1, -0.05) is 12.1 Å². The number of esters is 1. The molecule has 2 rings (SSSR count). The third-order valence-electron chi connectivity index (χ3n) is 3.58. The first-order chi connectivity index (χ1) is 12.1. The van der Waals surface area contributed by atoms with Crippen molar-refractivity contribution in [1.29, 1.82) is 0 Å². The summed E-state index contributed by atoms with van der Waals surface area (Å²) in [5, 5.41) is 2.65. The monoisotopic (exact) mass is 365 g/mol. The van der Waals surface area contributed by atoms with Crippen LogP contribution in [0.2, 0.25) is 0 Å². The molecule has 1 N–H and O–H groups in total. The molecule has 7 nitrogen and oxygen atoms in total. The lowest BCUT2D eigenvalue weighted by atomic mass is 10.3. The summed E-state index contributed by atoms with van der Waals surface area (Å²) in [5.41, 5.74) is 1.71. The summed E-state index contributed by atoms with van der Waals surface area (Å²) in [6, 6.07) is 7.64. The van der Waals surface area contributed by atoms with Gasteiger partial charge in [-0.25, -0.2) is 4.98 Å². The number of fused-ring (bicyclic) bond motifs is 1. The minimum atomic E-state index is -0.858. The maximum Gasteiger partial charge on any atom is 0.326 e. The van der Waals surface area contributed by atoms with Crippen molar-refractivity contribution >= 4 is 34.7 Å². The number of hydrogen-bond acceptors (Lipinski definition) is 6. The highest BCUT2D eigenvalue weighted by Crippen LogP contribution is 2.19. The molecule has 8 heteroatoms. The Bertz CT molecular complexity index is 732. The van der Waals surface area contributed by atoms with Crippen molar-refractivity contribution in [3.05, 3.63) is 30.1 Å². The van der Waals surface area contributed by atoms with E-state index >= 15 is 0 Å². The van der Waals surface area contributed by atoms with Crippen molar-refractivity contribution in [1.82, 2.24) is 14.9 Å². The fourth-order valence-corrected chi connectivity index (χ4v) is 2.86. The Morgan fingerprint density at radius 1 is 1.36 bits per heavy atom. The number of carbonyl (C=O) groups excluding carboxylic acids is 2. The molecule has 0 aliphatic rings. The van der Waals surface area contributed by atoms with E-state index in [-0.39, 0.29) is 12.5 Å². The lowest BCUT2D eigenvalue weighted by Crippen LogP contribution is -2.38. The Labute approximate surface area is 151 Å². The van der Waals surface area contributed by atoms with Crippen LogP contribution in [-0.2, 0) is 31.4 Å². The molecule has 0 radical (unpaired) electrons. The van der Waals surface area contributed by atoms with Crippen LogP contribution in [0.5, 0.6) is 0 Å². The SMILES string of the molecule is COCCNC(=O)[C@H](C)OC(=O)Cn1c(CSC)nc2ccccc21. The standard InChI is InChI=1S/C17H23N3O4S/c1-12(17(22)18-8-9-23-2)24-16(21)10-20-14-7-5-4-6-13(14)19-15(20)11-25-3/h4-7,12H,8-11H2,1-3H3,(H,18,22)/t12-/m0/s1. The summed E-state index contributed by atoms with van der Waals surface area (Å²) in [7, 11) is 1.55. The molecule has 0 aliphatic heterocycles. The molecule has 1 aromatic carbocycles. The average Bonchev–Trinajstić information content (AvgIpc) is 2.93. The van der Waals surface area contributed by atoms with Crippen molar-refractivity contribution in [2.24, 2.45) is 0 Å². The van der Waals surface area contributed by atoms with E-state index in [1.807, 2.05) is 35.1 Å². The Morgan fingerprint density at radius 3 is 2.84 bits per heavy atom. The number of nitrogens with zero attached hydrogens (tertiary/aromatic N) is 2. The lowest BCUT2D eigenvalue weighted by Gasteiger charge is -2.14. The normalized spacial score (nSPS) is 12.1. The van der Waals surface area contributed by atoms with Crippen LogP contribution in [-0.4, -0.2) is 54.0 Å². The number of aromatic nitrogens is 2. The van der Waals surface area contributed by atoms with Crippen molar-refractivity contribution in [2.45, 2.75) is 25.3 Å². The van der Waals surface area contributed by atoms with Gasteiger partial charge in [-0.2, -0.15) is 11.8 Å². The number of rotatable bonds is 9. The first-order valence-electron chi connectivity index (χ1n) is 7.96. The van der Waals surface area contributed by atoms with E-state index in [0.717, 1.165) is 16.9 Å². The first kappa shape index (κ1) is 19.3. The highest BCUT2D eigenvalue weighted by molar-refractivity contribution is 7.97. The minimum absolute atomic E-state index is 0.0199. The van der Waals surface area contributed by atoms with Crippen molar-refractivity contribution in [3.63, 3.8) is 0 Å². The van der Waals surface area contributed by atoms with E-state index < -0.39 is 12.1 Å². The average molecular weight is 365 g/mol. The van der Waals surface area contributed by atoms with Gasteiger partial charge in [0.15, 0.2) is 6.10 Å². The number of thioether (sulfide) groups is 1. The van der Waals surface area contributed by atoms with E-state index in [1.54, 1.807) is 25.8 Å². The zero-order valence-corrected chi connectivity index (χ0v) is 15.5. The summed E-state index contributed by atoms with van der Waals surface area (Å²) in [5.74, 6) is 0.683. The predicted octanol–water partition coefficient (Wildman–Crippen LogP) is 1.59. The number of carbonyl (C=O) groups is 2. The molecule has 0 bridgehead atoms. The predicted molar refractivity (Wildman–Crippen MR) is 97.4 cm³/mol. The Kier molecular flexibility index (Phi) is 7.27. The summed E-state index contributed by atoms with van der Waals surface area (Å²) >= 11 is 1.63. The summed E-state index contributed by atoms with van der Waals surface area (Å²) in [6.07, 6.45) is 1.12. The molecule has 1 atom stereocenters. The van der Waals surface area contributed by atoms with Gasteiger partial charge in [0.05, 0.1) is 23.4 Å². The van der Waals surface area contributed by atoms with Crippen molar-refractivity contribution in [3.8, 4) is 0 Å². The van der Waals surface area contributed by atoms with Gasteiger partial charge in [-0.05, 0) is 25.3 Å². The first-order valence-corrected chi connectivity index (χ1v) is 9.35. The van der Waals surface area contributed by atoms with Gasteiger partial charge in [0.1, 0.15) is 12.4 Å². The summed E-state index contributed by atoms with van der Waals surface area (Å²) in [4.78, 5) is 28.7. The minimum Gasteiger partial charge on any atom is -0.451 e. The van der Waals surface area contributed by atoms with Crippen LogP contribution in [0.3, 0.4) is 0 Å². The second-order valence-electron chi connectivity index (χ2n) is 5.45. The van der Waals surface area contributed by atoms with Crippen LogP contribution in [0, 0.1) is 0 Å². The molecular formula is C17H23N3O4S. The Balaban J connectivity index is 2.03. The van der Waals surface area contributed by atoms with Crippen LogP contribution >= 0.6 is 11.8 Å². The molecule has 0 saturated carbocycles. The smallest absolute Gasteiger partial charge is 0.326 e. The van der Waals surface area contributed by atoms with E-state index in [0.29, 0.717) is 18.9 Å². The largest absolute Gasteiger partial charge is 0.451 e. The number of methoxy groups -OCH3 is 1. The maximum absolute atomic E-state index is 12.3. The molecule has 2 aromatic rings. The quantitative estimate of drug-likeness (QED) is 0.537. The molecule has 0 fully saturated rings. The van der Waals surface area contributed by atoms with E-state index in [4.69, 9.17) is 9.47 Å². The zero-order valence-electron chi connectivity index (χ0n) is 14.7. The van der Waals surface area contributed by atoms with E-state index in [1.165, 1.54) is 0 Å².